The van der Waals surface area contributed by atoms with Crippen LogP contribution >= 0.6 is 0 Å². The number of nitrogens with zero attached hydrogens (tertiary/aromatic N) is 4. The molecule has 0 spiro atoms. The fourth-order valence-electron chi connectivity index (χ4n) is 1.69. The third-order valence-electron chi connectivity index (χ3n) is 2.60. The number of nitro benzene ring substituents is 1. The van der Waals surface area contributed by atoms with Crippen molar-refractivity contribution in [2.75, 3.05) is 0 Å². The Morgan fingerprint density at radius 1 is 1.50 bits per heavy atom. The largest absolute Gasteiger partial charge is 0.294 e. The quantitative estimate of drug-likeness (QED) is 0.609. The summed E-state index contributed by atoms with van der Waals surface area (Å²) in [7, 11) is 0. The molecular formula is C12H10N4O2. The monoisotopic (exact) mass is 242 g/mol. The van der Waals surface area contributed by atoms with Crippen LogP contribution in [0.5, 0.6) is 0 Å². The van der Waals surface area contributed by atoms with Gasteiger partial charge in [-0.2, -0.15) is 10.4 Å². The topological polar surface area (TPSA) is 84.8 Å². The first kappa shape index (κ1) is 11.8. The predicted octanol–water partition coefficient (Wildman–Crippen LogP) is 2.16. The van der Waals surface area contributed by atoms with Crippen molar-refractivity contribution in [2.24, 2.45) is 0 Å². The van der Waals surface area contributed by atoms with Gasteiger partial charge in [0.1, 0.15) is 5.69 Å². The lowest BCUT2D eigenvalue weighted by atomic mass is 10.2. The first-order chi connectivity index (χ1) is 8.63. The molecule has 0 saturated heterocycles. The molecule has 0 bridgehead atoms. The highest BCUT2D eigenvalue weighted by Crippen LogP contribution is 2.22. The highest BCUT2D eigenvalue weighted by Gasteiger charge is 2.16. The Labute approximate surface area is 103 Å². The summed E-state index contributed by atoms with van der Waals surface area (Å²) in [6.45, 7) is 1.78. The molecule has 0 radical (unpaired) electrons. The van der Waals surface area contributed by atoms with Gasteiger partial charge in [-0.25, -0.2) is 4.68 Å². The Morgan fingerprint density at radius 3 is 2.89 bits per heavy atom. The molecule has 0 amide bonds. The number of aromatic nitrogens is 2. The molecular weight excluding hydrogens is 232 g/mol. The van der Waals surface area contributed by atoms with Crippen LogP contribution in [-0.2, 0) is 6.42 Å². The van der Waals surface area contributed by atoms with Crippen LogP contribution in [0.4, 0.5) is 5.69 Å². The normalized spacial score (nSPS) is 10.0. The second-order valence-electron chi connectivity index (χ2n) is 3.77. The number of hydrogen-bond donors (Lipinski definition) is 0. The zero-order chi connectivity index (χ0) is 13.1. The van der Waals surface area contributed by atoms with E-state index >= 15 is 0 Å². The first-order valence-electron chi connectivity index (χ1n) is 5.29. The second-order valence-corrected chi connectivity index (χ2v) is 3.77. The van der Waals surface area contributed by atoms with Gasteiger partial charge in [0, 0.05) is 17.8 Å². The lowest BCUT2D eigenvalue weighted by Gasteiger charge is -2.01. The van der Waals surface area contributed by atoms with Crippen LogP contribution in [0.25, 0.3) is 5.69 Å². The summed E-state index contributed by atoms with van der Waals surface area (Å²) in [6.07, 6.45) is 1.90. The minimum absolute atomic E-state index is 0.0106. The summed E-state index contributed by atoms with van der Waals surface area (Å²) in [5.74, 6) is 0. The SMILES string of the molecule is Cc1nn(-c2ccccc2[N+](=O)[O-])cc1CC#N. The predicted molar refractivity (Wildman–Crippen MR) is 64.3 cm³/mol. The molecule has 6 heteroatoms. The molecule has 18 heavy (non-hydrogen) atoms. The van der Waals surface area contributed by atoms with Crippen molar-refractivity contribution in [2.45, 2.75) is 13.3 Å². The van der Waals surface area contributed by atoms with E-state index < -0.39 is 4.92 Å². The summed E-state index contributed by atoms with van der Waals surface area (Å²) in [6, 6.07) is 8.41. The van der Waals surface area contributed by atoms with Crippen LogP contribution in [0.3, 0.4) is 0 Å². The lowest BCUT2D eigenvalue weighted by molar-refractivity contribution is -0.384. The number of aryl methyl sites for hydroxylation is 1. The molecule has 6 nitrogen and oxygen atoms in total. The molecule has 0 aliphatic rings. The van der Waals surface area contributed by atoms with Gasteiger partial charge in [-0.3, -0.25) is 10.1 Å². The van der Waals surface area contributed by atoms with E-state index in [1.807, 2.05) is 6.07 Å². The van der Waals surface area contributed by atoms with Gasteiger partial charge >= 0.3 is 0 Å². The lowest BCUT2D eigenvalue weighted by Crippen LogP contribution is -2.00. The van der Waals surface area contributed by atoms with E-state index in [9.17, 15) is 10.1 Å². The maximum atomic E-state index is 10.9. The summed E-state index contributed by atoms with van der Waals surface area (Å²) in [4.78, 5) is 10.5. The van der Waals surface area contributed by atoms with Crippen LogP contribution < -0.4 is 0 Å². The fraction of sp³-hybridized carbons (Fsp3) is 0.167. The number of para-hydroxylation sites is 2. The molecule has 0 aliphatic carbocycles. The van der Waals surface area contributed by atoms with Crippen LogP contribution in [0.15, 0.2) is 30.5 Å². The Balaban J connectivity index is 2.53. The average molecular weight is 242 g/mol. The fourth-order valence-corrected chi connectivity index (χ4v) is 1.69. The van der Waals surface area contributed by atoms with Crippen LogP contribution in [0.1, 0.15) is 11.3 Å². The molecule has 90 valence electrons. The molecule has 0 unspecified atom stereocenters. The van der Waals surface area contributed by atoms with Gasteiger partial charge in [0.05, 0.1) is 23.1 Å². The van der Waals surface area contributed by atoms with Crippen LogP contribution in [-0.4, -0.2) is 14.7 Å². The van der Waals surface area contributed by atoms with Crippen molar-refractivity contribution >= 4 is 5.69 Å². The minimum Gasteiger partial charge on any atom is -0.258 e. The second kappa shape index (κ2) is 4.67. The smallest absolute Gasteiger partial charge is 0.258 e. The Bertz CT molecular complexity index is 640. The van der Waals surface area contributed by atoms with E-state index in [0.717, 1.165) is 5.56 Å². The van der Waals surface area contributed by atoms with E-state index in [0.29, 0.717) is 11.4 Å². The highest BCUT2D eigenvalue weighted by molar-refractivity contribution is 5.52. The van der Waals surface area contributed by atoms with E-state index in [1.165, 1.54) is 10.7 Å². The van der Waals surface area contributed by atoms with Crippen molar-refractivity contribution in [1.82, 2.24) is 9.78 Å². The molecule has 2 aromatic rings. The van der Waals surface area contributed by atoms with Crippen LogP contribution in [0, 0.1) is 28.4 Å². The molecule has 0 saturated carbocycles. The van der Waals surface area contributed by atoms with Gasteiger partial charge in [0.15, 0.2) is 0 Å². The Kier molecular flexibility index (Phi) is 3.06. The van der Waals surface area contributed by atoms with Crippen molar-refractivity contribution in [3.63, 3.8) is 0 Å². The van der Waals surface area contributed by atoms with Crippen molar-refractivity contribution in [1.29, 1.82) is 5.26 Å². The van der Waals surface area contributed by atoms with Gasteiger partial charge in [-0.05, 0) is 13.0 Å². The van der Waals surface area contributed by atoms with Gasteiger partial charge in [-0.15, -0.1) is 0 Å². The van der Waals surface area contributed by atoms with E-state index in [-0.39, 0.29) is 12.1 Å². The minimum atomic E-state index is -0.448. The van der Waals surface area contributed by atoms with Crippen molar-refractivity contribution in [3.8, 4) is 11.8 Å². The zero-order valence-electron chi connectivity index (χ0n) is 9.70. The standard InChI is InChI=1S/C12H10N4O2/c1-9-10(6-7-13)8-15(14-9)11-4-2-3-5-12(11)16(17)18/h2-5,8H,6H2,1H3. The highest BCUT2D eigenvalue weighted by atomic mass is 16.6. The van der Waals surface area contributed by atoms with E-state index in [1.54, 1.807) is 31.3 Å². The van der Waals surface area contributed by atoms with Gasteiger partial charge in [0.2, 0.25) is 0 Å². The molecule has 1 heterocycles. The zero-order valence-corrected chi connectivity index (χ0v) is 9.70. The summed E-state index contributed by atoms with van der Waals surface area (Å²) in [5, 5.41) is 23.8. The summed E-state index contributed by atoms with van der Waals surface area (Å²) < 4.78 is 1.44. The van der Waals surface area contributed by atoms with E-state index in [4.69, 9.17) is 5.26 Å². The van der Waals surface area contributed by atoms with Gasteiger partial charge < -0.3 is 0 Å². The van der Waals surface area contributed by atoms with Crippen molar-refractivity contribution < 1.29 is 4.92 Å². The number of benzene rings is 1. The van der Waals surface area contributed by atoms with Crippen LogP contribution in [0.2, 0.25) is 0 Å². The Hall–Kier alpha value is -2.68. The number of nitriles is 1. The molecule has 1 aromatic heterocycles. The van der Waals surface area contributed by atoms with Gasteiger partial charge in [0.25, 0.3) is 5.69 Å². The maximum Gasteiger partial charge on any atom is 0.294 e. The number of hydrogen-bond acceptors (Lipinski definition) is 4. The first-order valence-corrected chi connectivity index (χ1v) is 5.29. The molecule has 1 aromatic carbocycles. The summed E-state index contributed by atoms with van der Waals surface area (Å²) >= 11 is 0. The molecule has 2 rings (SSSR count). The maximum absolute atomic E-state index is 10.9. The molecule has 0 aliphatic heterocycles. The number of nitro groups is 1. The van der Waals surface area contributed by atoms with Crippen molar-refractivity contribution in [3.05, 3.63) is 51.8 Å². The van der Waals surface area contributed by atoms with Gasteiger partial charge in [-0.1, -0.05) is 12.1 Å². The summed E-state index contributed by atoms with van der Waals surface area (Å²) in [5.41, 5.74) is 1.86. The molecule has 0 atom stereocenters. The third-order valence-corrected chi connectivity index (χ3v) is 2.60. The number of rotatable bonds is 3. The Morgan fingerprint density at radius 2 is 2.22 bits per heavy atom. The molecule has 0 fully saturated rings. The average Bonchev–Trinajstić information content (AvgIpc) is 2.71. The third kappa shape index (κ3) is 2.06. The van der Waals surface area contributed by atoms with E-state index in [2.05, 4.69) is 5.10 Å². The molecule has 0 N–H and O–H groups in total.